The lowest BCUT2D eigenvalue weighted by atomic mass is 9.84. The molecule has 0 bridgehead atoms. The number of aliphatic carboxylic acids is 1. The standard InChI is InChI=1S/C12H24N2O3/c1-8(6-13)10(15)14-7-9(11(16)17)5-12(2,3)4/h8-9H,5-7,13H2,1-4H3,(H,14,15)(H,16,17). The average Bonchev–Trinajstić information content (AvgIpc) is 2.20. The van der Waals surface area contributed by atoms with Crippen molar-refractivity contribution in [1.29, 1.82) is 0 Å². The molecule has 0 aliphatic carbocycles. The van der Waals surface area contributed by atoms with Gasteiger partial charge >= 0.3 is 5.97 Å². The SMILES string of the molecule is CC(CN)C(=O)NCC(CC(C)(C)C)C(=O)O. The van der Waals surface area contributed by atoms with Crippen molar-refractivity contribution >= 4 is 11.9 Å². The van der Waals surface area contributed by atoms with Crippen molar-refractivity contribution in [3.8, 4) is 0 Å². The van der Waals surface area contributed by atoms with Crippen LogP contribution in [0.3, 0.4) is 0 Å². The van der Waals surface area contributed by atoms with Gasteiger partial charge in [0.2, 0.25) is 5.91 Å². The lowest BCUT2D eigenvalue weighted by molar-refractivity contribution is -0.142. The zero-order chi connectivity index (χ0) is 13.6. The van der Waals surface area contributed by atoms with Crippen LogP contribution in [0, 0.1) is 17.3 Å². The van der Waals surface area contributed by atoms with Crippen molar-refractivity contribution in [2.75, 3.05) is 13.1 Å². The first-order valence-corrected chi connectivity index (χ1v) is 5.88. The Morgan fingerprint density at radius 3 is 2.24 bits per heavy atom. The first-order chi connectivity index (χ1) is 7.67. The Kier molecular flexibility index (Phi) is 6.16. The molecule has 4 N–H and O–H groups in total. The van der Waals surface area contributed by atoms with Gasteiger partial charge in [0.05, 0.1) is 5.92 Å². The fourth-order valence-electron chi connectivity index (χ4n) is 1.49. The Morgan fingerprint density at radius 2 is 1.88 bits per heavy atom. The van der Waals surface area contributed by atoms with Gasteiger partial charge in [-0.15, -0.1) is 0 Å². The van der Waals surface area contributed by atoms with E-state index in [2.05, 4.69) is 5.32 Å². The number of hydrogen-bond acceptors (Lipinski definition) is 3. The van der Waals surface area contributed by atoms with Crippen LogP contribution in [0.2, 0.25) is 0 Å². The van der Waals surface area contributed by atoms with Crippen LogP contribution in [0.5, 0.6) is 0 Å². The number of nitrogens with two attached hydrogens (primary N) is 1. The quantitative estimate of drug-likeness (QED) is 0.645. The van der Waals surface area contributed by atoms with E-state index < -0.39 is 11.9 Å². The number of amides is 1. The Bertz CT molecular complexity index is 271. The maximum absolute atomic E-state index is 11.5. The van der Waals surface area contributed by atoms with Crippen molar-refractivity contribution in [2.45, 2.75) is 34.1 Å². The van der Waals surface area contributed by atoms with Gasteiger partial charge in [-0.05, 0) is 11.8 Å². The summed E-state index contributed by atoms with van der Waals surface area (Å²) in [6.45, 7) is 8.08. The van der Waals surface area contributed by atoms with E-state index in [1.165, 1.54) is 0 Å². The minimum Gasteiger partial charge on any atom is -0.481 e. The molecule has 5 heteroatoms. The minimum absolute atomic E-state index is 0.0761. The summed E-state index contributed by atoms with van der Waals surface area (Å²) in [5, 5.41) is 11.7. The van der Waals surface area contributed by atoms with Crippen molar-refractivity contribution in [3.63, 3.8) is 0 Å². The molecule has 0 aliphatic rings. The molecule has 0 heterocycles. The molecule has 0 radical (unpaired) electrons. The largest absolute Gasteiger partial charge is 0.481 e. The van der Waals surface area contributed by atoms with Crippen LogP contribution in [0.4, 0.5) is 0 Å². The van der Waals surface area contributed by atoms with Crippen LogP contribution in [-0.2, 0) is 9.59 Å². The molecular weight excluding hydrogens is 220 g/mol. The second-order valence-corrected chi connectivity index (χ2v) is 5.68. The molecule has 2 atom stereocenters. The molecule has 1 amide bonds. The van der Waals surface area contributed by atoms with Crippen LogP contribution in [0.15, 0.2) is 0 Å². The first kappa shape index (κ1) is 15.9. The van der Waals surface area contributed by atoms with Crippen LogP contribution >= 0.6 is 0 Å². The molecule has 0 aromatic rings. The van der Waals surface area contributed by atoms with E-state index in [-0.39, 0.29) is 30.3 Å². The number of carbonyl (C=O) groups is 2. The van der Waals surface area contributed by atoms with E-state index in [0.29, 0.717) is 6.42 Å². The summed E-state index contributed by atoms with van der Waals surface area (Å²) < 4.78 is 0. The van der Waals surface area contributed by atoms with Gasteiger partial charge in [0, 0.05) is 19.0 Å². The molecule has 0 saturated carbocycles. The first-order valence-electron chi connectivity index (χ1n) is 5.88. The van der Waals surface area contributed by atoms with Crippen molar-refractivity contribution < 1.29 is 14.7 Å². The third-order valence-electron chi connectivity index (χ3n) is 2.53. The van der Waals surface area contributed by atoms with E-state index in [9.17, 15) is 9.59 Å². The molecule has 0 rings (SSSR count). The van der Waals surface area contributed by atoms with Gasteiger partial charge in [-0.2, -0.15) is 0 Å². The Morgan fingerprint density at radius 1 is 1.35 bits per heavy atom. The van der Waals surface area contributed by atoms with Crippen molar-refractivity contribution in [1.82, 2.24) is 5.32 Å². The highest BCUT2D eigenvalue weighted by Crippen LogP contribution is 2.24. The number of carboxylic acid groups (broad SMARTS) is 1. The maximum Gasteiger partial charge on any atom is 0.308 e. The maximum atomic E-state index is 11.5. The number of hydrogen-bond donors (Lipinski definition) is 3. The smallest absolute Gasteiger partial charge is 0.308 e. The summed E-state index contributed by atoms with van der Waals surface area (Å²) in [6.07, 6.45) is 0.527. The predicted octanol–water partition coefficient (Wildman–Crippen LogP) is 0.834. The highest BCUT2D eigenvalue weighted by molar-refractivity contribution is 5.79. The van der Waals surface area contributed by atoms with E-state index in [4.69, 9.17) is 10.8 Å². The molecule has 0 aromatic carbocycles. The molecule has 0 saturated heterocycles. The molecular formula is C12H24N2O3. The Labute approximate surface area is 103 Å². The van der Waals surface area contributed by atoms with Gasteiger partial charge in [-0.25, -0.2) is 0 Å². The number of carboxylic acids is 1. The van der Waals surface area contributed by atoms with Gasteiger partial charge in [-0.3, -0.25) is 9.59 Å². The minimum atomic E-state index is -0.874. The third-order valence-corrected chi connectivity index (χ3v) is 2.53. The van der Waals surface area contributed by atoms with Crippen LogP contribution in [0.1, 0.15) is 34.1 Å². The topological polar surface area (TPSA) is 92.4 Å². The summed E-state index contributed by atoms with van der Waals surface area (Å²) >= 11 is 0. The van der Waals surface area contributed by atoms with E-state index in [1.807, 2.05) is 20.8 Å². The molecule has 0 fully saturated rings. The summed E-state index contributed by atoms with van der Waals surface area (Å²) in [5.74, 6) is -1.89. The Hall–Kier alpha value is -1.10. The highest BCUT2D eigenvalue weighted by Gasteiger charge is 2.25. The van der Waals surface area contributed by atoms with E-state index in [0.717, 1.165) is 0 Å². The van der Waals surface area contributed by atoms with Crippen molar-refractivity contribution in [3.05, 3.63) is 0 Å². The van der Waals surface area contributed by atoms with Gasteiger partial charge < -0.3 is 16.2 Å². The zero-order valence-electron chi connectivity index (χ0n) is 11.1. The number of carbonyl (C=O) groups excluding carboxylic acids is 1. The monoisotopic (exact) mass is 244 g/mol. The molecule has 5 nitrogen and oxygen atoms in total. The molecule has 0 aliphatic heterocycles. The second-order valence-electron chi connectivity index (χ2n) is 5.68. The van der Waals surface area contributed by atoms with Gasteiger partial charge in [0.1, 0.15) is 0 Å². The van der Waals surface area contributed by atoms with Crippen LogP contribution < -0.4 is 11.1 Å². The normalized spacial score (nSPS) is 15.1. The summed E-state index contributed by atoms with van der Waals surface area (Å²) in [7, 11) is 0. The lowest BCUT2D eigenvalue weighted by Crippen LogP contribution is -2.39. The van der Waals surface area contributed by atoms with Crippen LogP contribution in [0.25, 0.3) is 0 Å². The number of nitrogens with one attached hydrogen (secondary N) is 1. The second kappa shape index (κ2) is 6.59. The average molecular weight is 244 g/mol. The molecule has 2 unspecified atom stereocenters. The van der Waals surface area contributed by atoms with Crippen LogP contribution in [-0.4, -0.2) is 30.1 Å². The van der Waals surface area contributed by atoms with E-state index >= 15 is 0 Å². The fraction of sp³-hybridized carbons (Fsp3) is 0.833. The highest BCUT2D eigenvalue weighted by atomic mass is 16.4. The van der Waals surface area contributed by atoms with Gasteiger partial charge in [0.15, 0.2) is 0 Å². The molecule has 17 heavy (non-hydrogen) atoms. The summed E-state index contributed by atoms with van der Waals surface area (Å²) in [6, 6.07) is 0. The zero-order valence-corrected chi connectivity index (χ0v) is 11.1. The van der Waals surface area contributed by atoms with Gasteiger partial charge in [-0.1, -0.05) is 27.7 Å². The van der Waals surface area contributed by atoms with Gasteiger partial charge in [0.25, 0.3) is 0 Å². The van der Waals surface area contributed by atoms with E-state index in [1.54, 1.807) is 6.92 Å². The van der Waals surface area contributed by atoms with Crippen molar-refractivity contribution in [2.24, 2.45) is 23.0 Å². The fourth-order valence-corrected chi connectivity index (χ4v) is 1.49. The lowest BCUT2D eigenvalue weighted by Gasteiger charge is -2.23. The molecule has 0 aromatic heterocycles. The summed E-state index contributed by atoms with van der Waals surface area (Å²) in [4.78, 5) is 22.5. The number of rotatable bonds is 6. The molecule has 100 valence electrons. The Balaban J connectivity index is 4.29. The predicted molar refractivity (Wildman–Crippen MR) is 66.4 cm³/mol. The molecule has 0 spiro atoms. The third kappa shape index (κ3) is 6.94. The summed E-state index contributed by atoms with van der Waals surface area (Å²) in [5.41, 5.74) is 5.29.